The zero-order valence-electron chi connectivity index (χ0n) is 10.6. The molecule has 2 unspecified atom stereocenters. The molecule has 2 rings (SSSR count). The van der Waals surface area contributed by atoms with E-state index in [2.05, 4.69) is 34.8 Å². The topological polar surface area (TPSA) is 43.8 Å². The molecule has 2 atom stereocenters. The Morgan fingerprint density at radius 2 is 2.24 bits per heavy atom. The smallest absolute Gasteiger partial charge is 0.106 e. The molecule has 0 spiro atoms. The first-order chi connectivity index (χ1) is 8.15. The van der Waals surface area contributed by atoms with Crippen LogP contribution in [0.3, 0.4) is 0 Å². The molecule has 4 heteroatoms. The first-order valence-corrected chi connectivity index (χ1v) is 6.82. The third-order valence-electron chi connectivity index (χ3n) is 3.21. The van der Waals surface area contributed by atoms with Crippen LogP contribution in [0.15, 0.2) is 23.8 Å². The van der Waals surface area contributed by atoms with Crippen LogP contribution >= 0.6 is 11.3 Å². The number of imidazole rings is 1. The van der Waals surface area contributed by atoms with E-state index in [1.54, 1.807) is 11.3 Å². The monoisotopic (exact) mass is 249 g/mol. The van der Waals surface area contributed by atoms with Crippen molar-refractivity contribution in [1.29, 1.82) is 0 Å². The van der Waals surface area contributed by atoms with Crippen LogP contribution in [0.25, 0.3) is 0 Å². The minimum absolute atomic E-state index is 0.125. The Balaban J connectivity index is 2.46. The van der Waals surface area contributed by atoms with Crippen molar-refractivity contribution in [2.45, 2.75) is 39.3 Å². The van der Waals surface area contributed by atoms with E-state index in [1.165, 1.54) is 10.4 Å². The van der Waals surface area contributed by atoms with E-state index in [0.717, 1.165) is 12.2 Å². The van der Waals surface area contributed by atoms with Gasteiger partial charge in [0.15, 0.2) is 0 Å². The fourth-order valence-electron chi connectivity index (χ4n) is 2.12. The van der Waals surface area contributed by atoms with E-state index in [9.17, 15) is 0 Å². The van der Waals surface area contributed by atoms with Crippen molar-refractivity contribution in [1.82, 2.24) is 9.55 Å². The molecule has 0 aliphatic heterocycles. The highest BCUT2D eigenvalue weighted by molar-refractivity contribution is 7.10. The lowest BCUT2D eigenvalue weighted by atomic mass is 10.0. The highest BCUT2D eigenvalue weighted by Gasteiger charge is 2.24. The summed E-state index contributed by atoms with van der Waals surface area (Å²) >= 11 is 1.78. The molecule has 0 amide bonds. The van der Waals surface area contributed by atoms with Gasteiger partial charge >= 0.3 is 0 Å². The number of hydrogen-bond acceptors (Lipinski definition) is 3. The molecule has 2 heterocycles. The van der Waals surface area contributed by atoms with Crippen molar-refractivity contribution in [2.24, 2.45) is 5.73 Å². The number of nitrogens with zero attached hydrogens (tertiary/aromatic N) is 2. The second-order valence-electron chi connectivity index (χ2n) is 4.37. The summed E-state index contributed by atoms with van der Waals surface area (Å²) < 4.78 is 2.19. The van der Waals surface area contributed by atoms with Gasteiger partial charge in [-0.25, -0.2) is 4.98 Å². The standard InChI is InChI=1S/C13H19N3S/c1-4-11(14)12(13-9(2)5-8-17-13)16-7-6-15-10(16)3/h5-8,11-12H,4,14H2,1-3H3. The van der Waals surface area contributed by atoms with Crippen LogP contribution in [0.2, 0.25) is 0 Å². The van der Waals surface area contributed by atoms with Crippen molar-refractivity contribution in [2.75, 3.05) is 0 Å². The third kappa shape index (κ3) is 2.28. The Labute approximate surface area is 106 Å². The van der Waals surface area contributed by atoms with E-state index in [1.807, 2.05) is 19.3 Å². The summed E-state index contributed by atoms with van der Waals surface area (Å²) in [6.45, 7) is 6.30. The maximum atomic E-state index is 6.30. The van der Waals surface area contributed by atoms with Gasteiger partial charge in [-0.3, -0.25) is 0 Å². The second-order valence-corrected chi connectivity index (χ2v) is 5.31. The van der Waals surface area contributed by atoms with Gasteiger partial charge in [-0.05, 0) is 37.3 Å². The van der Waals surface area contributed by atoms with Gasteiger partial charge in [-0.2, -0.15) is 0 Å². The van der Waals surface area contributed by atoms with Gasteiger partial charge in [0.25, 0.3) is 0 Å². The van der Waals surface area contributed by atoms with Crippen LogP contribution in [-0.2, 0) is 0 Å². The van der Waals surface area contributed by atoms with Crippen LogP contribution in [-0.4, -0.2) is 15.6 Å². The summed E-state index contributed by atoms with van der Waals surface area (Å²) in [5, 5.41) is 2.13. The maximum Gasteiger partial charge on any atom is 0.106 e. The lowest BCUT2D eigenvalue weighted by Gasteiger charge is -2.25. The zero-order chi connectivity index (χ0) is 12.4. The number of nitrogens with two attached hydrogens (primary N) is 1. The Bertz CT molecular complexity index is 446. The molecule has 0 aliphatic carbocycles. The Kier molecular flexibility index (Phi) is 3.64. The number of thiophene rings is 1. The lowest BCUT2D eigenvalue weighted by Crippen LogP contribution is -2.32. The quantitative estimate of drug-likeness (QED) is 0.905. The summed E-state index contributed by atoms with van der Waals surface area (Å²) in [5.41, 5.74) is 7.61. The predicted molar refractivity (Wildman–Crippen MR) is 72.4 cm³/mol. The molecule has 0 saturated carbocycles. The Morgan fingerprint density at radius 3 is 2.71 bits per heavy atom. The van der Waals surface area contributed by atoms with Crippen molar-refractivity contribution >= 4 is 11.3 Å². The number of aromatic nitrogens is 2. The van der Waals surface area contributed by atoms with Crippen LogP contribution in [0.1, 0.15) is 35.7 Å². The van der Waals surface area contributed by atoms with Crippen molar-refractivity contribution in [3.63, 3.8) is 0 Å². The molecule has 2 aromatic rings. The average Bonchev–Trinajstić information content (AvgIpc) is 2.90. The zero-order valence-corrected chi connectivity index (χ0v) is 11.4. The van der Waals surface area contributed by atoms with Crippen molar-refractivity contribution < 1.29 is 0 Å². The van der Waals surface area contributed by atoms with E-state index < -0.39 is 0 Å². The lowest BCUT2D eigenvalue weighted by molar-refractivity contribution is 0.456. The molecule has 0 bridgehead atoms. The summed E-state index contributed by atoms with van der Waals surface area (Å²) in [5.74, 6) is 1.02. The van der Waals surface area contributed by atoms with Crippen LogP contribution in [0, 0.1) is 13.8 Å². The molecule has 92 valence electrons. The number of rotatable bonds is 4. The van der Waals surface area contributed by atoms with Gasteiger partial charge in [-0.15, -0.1) is 11.3 Å². The molecule has 3 nitrogen and oxygen atoms in total. The van der Waals surface area contributed by atoms with Gasteiger partial charge < -0.3 is 10.3 Å². The predicted octanol–water partition coefficient (Wildman–Crippen LogP) is 2.89. The van der Waals surface area contributed by atoms with Crippen LogP contribution < -0.4 is 5.73 Å². The van der Waals surface area contributed by atoms with Crippen LogP contribution in [0.5, 0.6) is 0 Å². The Hall–Kier alpha value is -1.13. The fraction of sp³-hybridized carbons (Fsp3) is 0.462. The SMILES string of the molecule is CCC(N)C(c1sccc1C)n1ccnc1C. The molecule has 0 radical (unpaired) electrons. The van der Waals surface area contributed by atoms with E-state index in [0.29, 0.717) is 0 Å². The van der Waals surface area contributed by atoms with Crippen LogP contribution in [0.4, 0.5) is 0 Å². The Morgan fingerprint density at radius 1 is 1.47 bits per heavy atom. The van der Waals surface area contributed by atoms with Crippen molar-refractivity contribution in [3.05, 3.63) is 40.1 Å². The minimum Gasteiger partial charge on any atom is -0.326 e. The fourth-order valence-corrected chi connectivity index (χ4v) is 3.22. The van der Waals surface area contributed by atoms with Crippen molar-refractivity contribution in [3.8, 4) is 0 Å². The molecular formula is C13H19N3S. The summed E-state index contributed by atoms with van der Waals surface area (Å²) in [6, 6.07) is 2.49. The molecule has 0 aliphatic rings. The first kappa shape index (κ1) is 12.3. The van der Waals surface area contributed by atoms with E-state index >= 15 is 0 Å². The summed E-state index contributed by atoms with van der Waals surface area (Å²) in [6.07, 6.45) is 4.82. The average molecular weight is 249 g/mol. The van der Waals surface area contributed by atoms with Gasteiger partial charge in [-0.1, -0.05) is 6.92 Å². The molecular weight excluding hydrogens is 230 g/mol. The molecule has 0 aromatic carbocycles. The van der Waals surface area contributed by atoms with E-state index in [4.69, 9.17) is 5.73 Å². The van der Waals surface area contributed by atoms with Gasteiger partial charge in [0.2, 0.25) is 0 Å². The second kappa shape index (κ2) is 5.02. The van der Waals surface area contributed by atoms with Gasteiger partial charge in [0.1, 0.15) is 5.82 Å². The molecule has 2 aromatic heterocycles. The maximum absolute atomic E-state index is 6.30. The summed E-state index contributed by atoms with van der Waals surface area (Å²) in [4.78, 5) is 5.65. The highest BCUT2D eigenvalue weighted by atomic mass is 32.1. The van der Waals surface area contributed by atoms with E-state index in [-0.39, 0.29) is 12.1 Å². The third-order valence-corrected chi connectivity index (χ3v) is 4.30. The first-order valence-electron chi connectivity index (χ1n) is 5.94. The highest BCUT2D eigenvalue weighted by Crippen LogP contribution is 2.30. The number of aryl methyl sites for hydroxylation is 2. The number of hydrogen-bond donors (Lipinski definition) is 1. The molecule has 17 heavy (non-hydrogen) atoms. The molecule has 2 N–H and O–H groups in total. The van der Waals surface area contributed by atoms with Gasteiger partial charge in [0, 0.05) is 23.3 Å². The largest absolute Gasteiger partial charge is 0.326 e. The molecule has 0 fully saturated rings. The summed E-state index contributed by atoms with van der Waals surface area (Å²) in [7, 11) is 0. The minimum atomic E-state index is 0.125. The molecule has 0 saturated heterocycles. The normalized spacial score (nSPS) is 14.8. The van der Waals surface area contributed by atoms with Gasteiger partial charge in [0.05, 0.1) is 6.04 Å².